The van der Waals surface area contributed by atoms with Gasteiger partial charge < -0.3 is 4.90 Å². The lowest BCUT2D eigenvalue weighted by Gasteiger charge is -2.34. The van der Waals surface area contributed by atoms with Crippen molar-refractivity contribution in [1.29, 1.82) is 0 Å². The van der Waals surface area contributed by atoms with E-state index in [0.29, 0.717) is 35.6 Å². The number of piperazine rings is 1. The predicted molar refractivity (Wildman–Crippen MR) is 134 cm³/mol. The summed E-state index contributed by atoms with van der Waals surface area (Å²) >= 11 is 7.90. The number of amides is 1. The molecule has 182 valence electrons. The normalized spacial score (nSPS) is 15.2. The third kappa shape index (κ3) is 5.02. The molecule has 0 bridgehead atoms. The number of carbonyl (C=O) groups is 1. The molecule has 0 N–H and O–H groups in total. The molecule has 0 atom stereocenters. The molecule has 0 aliphatic carbocycles. The fourth-order valence-electron chi connectivity index (χ4n) is 4.00. The third-order valence-corrected chi connectivity index (χ3v) is 8.20. The summed E-state index contributed by atoms with van der Waals surface area (Å²) in [5, 5.41) is 5.83. The Kier molecular flexibility index (Phi) is 6.73. The number of rotatable bonds is 4. The zero-order valence-corrected chi connectivity index (χ0v) is 22.1. The molecule has 0 radical (unpaired) electrons. The standard InChI is InChI=1S/C23H18Br2F3N5OS/c24-15-10-17(35-13-15)16-11-18(23(26,27)28)33-21(29-16)19(25)20(30-33)22(34)32-8-6-31(7-9-32)12-14-4-2-1-3-5-14/h1-5,10-11,13H,6-9,12H2. The van der Waals surface area contributed by atoms with Crippen molar-refractivity contribution in [2.45, 2.75) is 12.7 Å². The molecule has 1 aliphatic heterocycles. The molecule has 5 rings (SSSR count). The quantitative estimate of drug-likeness (QED) is 0.280. The highest BCUT2D eigenvalue weighted by Gasteiger charge is 2.37. The number of carbonyl (C=O) groups excluding carboxylic acids is 1. The maximum atomic E-state index is 13.9. The number of halogens is 5. The first-order valence-corrected chi connectivity index (χ1v) is 13.1. The van der Waals surface area contributed by atoms with Gasteiger partial charge in [-0.15, -0.1) is 11.3 Å². The van der Waals surface area contributed by atoms with Crippen molar-refractivity contribution < 1.29 is 18.0 Å². The Hall–Kier alpha value is -2.28. The number of hydrogen-bond acceptors (Lipinski definition) is 5. The molecule has 4 aromatic rings. The van der Waals surface area contributed by atoms with Gasteiger partial charge in [0.05, 0.1) is 15.0 Å². The van der Waals surface area contributed by atoms with Crippen LogP contribution in [0, 0.1) is 0 Å². The highest BCUT2D eigenvalue weighted by Crippen LogP contribution is 2.37. The summed E-state index contributed by atoms with van der Waals surface area (Å²) < 4.78 is 43.4. The first kappa shape index (κ1) is 24.4. The SMILES string of the molecule is O=C(c1nn2c(C(F)(F)F)cc(-c3cc(Br)cs3)nc2c1Br)N1CCN(Cc2ccccc2)CC1. The molecular weight excluding hydrogens is 611 g/mol. The Morgan fingerprint density at radius 2 is 1.77 bits per heavy atom. The van der Waals surface area contributed by atoms with E-state index < -0.39 is 17.8 Å². The molecule has 1 saturated heterocycles. The number of fused-ring (bicyclic) bond motifs is 1. The molecule has 6 nitrogen and oxygen atoms in total. The van der Waals surface area contributed by atoms with Crippen molar-refractivity contribution >= 4 is 54.8 Å². The van der Waals surface area contributed by atoms with Crippen molar-refractivity contribution in [3.63, 3.8) is 0 Å². The van der Waals surface area contributed by atoms with Gasteiger partial charge in [-0.1, -0.05) is 30.3 Å². The van der Waals surface area contributed by atoms with Crippen LogP contribution in [-0.2, 0) is 12.7 Å². The van der Waals surface area contributed by atoms with Crippen LogP contribution in [0.4, 0.5) is 13.2 Å². The van der Waals surface area contributed by atoms with Crippen LogP contribution in [0.5, 0.6) is 0 Å². The lowest BCUT2D eigenvalue weighted by Crippen LogP contribution is -2.48. The van der Waals surface area contributed by atoms with Crippen LogP contribution >= 0.6 is 43.2 Å². The van der Waals surface area contributed by atoms with Crippen LogP contribution in [0.2, 0.25) is 0 Å². The maximum absolute atomic E-state index is 13.9. The van der Waals surface area contributed by atoms with Crippen LogP contribution in [0.1, 0.15) is 21.7 Å². The summed E-state index contributed by atoms with van der Waals surface area (Å²) in [6, 6.07) is 12.7. The number of benzene rings is 1. The largest absolute Gasteiger partial charge is 0.433 e. The van der Waals surface area contributed by atoms with E-state index >= 15 is 0 Å². The van der Waals surface area contributed by atoms with Gasteiger partial charge in [-0.05, 0) is 49.6 Å². The van der Waals surface area contributed by atoms with Gasteiger partial charge in [0.1, 0.15) is 0 Å². The van der Waals surface area contributed by atoms with Crippen molar-refractivity contribution in [3.05, 3.63) is 73.7 Å². The van der Waals surface area contributed by atoms with Gasteiger partial charge >= 0.3 is 6.18 Å². The molecule has 0 saturated carbocycles. The molecule has 1 fully saturated rings. The smallest absolute Gasteiger partial charge is 0.335 e. The van der Waals surface area contributed by atoms with Crippen molar-refractivity contribution in [1.82, 2.24) is 24.4 Å². The van der Waals surface area contributed by atoms with E-state index in [1.54, 1.807) is 16.3 Å². The minimum absolute atomic E-state index is 0.0505. The Bertz CT molecular complexity index is 1380. The fraction of sp³-hybridized carbons (Fsp3) is 0.261. The summed E-state index contributed by atoms with van der Waals surface area (Å²) in [5.41, 5.74) is 0.230. The van der Waals surface area contributed by atoms with Crippen LogP contribution < -0.4 is 0 Å². The van der Waals surface area contributed by atoms with Gasteiger partial charge in [-0.3, -0.25) is 9.69 Å². The maximum Gasteiger partial charge on any atom is 0.433 e. The minimum Gasteiger partial charge on any atom is -0.335 e. The highest BCUT2D eigenvalue weighted by atomic mass is 79.9. The first-order valence-electron chi connectivity index (χ1n) is 10.7. The Labute approximate surface area is 219 Å². The van der Waals surface area contributed by atoms with E-state index in [1.807, 2.05) is 18.2 Å². The van der Waals surface area contributed by atoms with Crippen molar-refractivity contribution in [3.8, 4) is 10.6 Å². The van der Waals surface area contributed by atoms with E-state index in [1.165, 1.54) is 16.9 Å². The van der Waals surface area contributed by atoms with Gasteiger partial charge in [0.25, 0.3) is 5.91 Å². The van der Waals surface area contributed by atoms with Crippen LogP contribution in [-0.4, -0.2) is 56.5 Å². The van der Waals surface area contributed by atoms with Gasteiger partial charge in [0.15, 0.2) is 17.0 Å². The second-order valence-corrected chi connectivity index (χ2v) is 10.7. The van der Waals surface area contributed by atoms with E-state index in [2.05, 4.69) is 59.0 Å². The number of alkyl halides is 3. The van der Waals surface area contributed by atoms with Crippen LogP contribution in [0.15, 0.2) is 56.8 Å². The Morgan fingerprint density at radius 3 is 2.40 bits per heavy atom. The monoisotopic (exact) mass is 627 g/mol. The molecule has 0 unspecified atom stereocenters. The average Bonchev–Trinajstić information content (AvgIpc) is 3.42. The van der Waals surface area contributed by atoms with Crippen molar-refractivity contribution in [2.75, 3.05) is 26.2 Å². The lowest BCUT2D eigenvalue weighted by molar-refractivity contribution is -0.142. The second kappa shape index (κ2) is 9.64. The third-order valence-electron chi connectivity index (χ3n) is 5.75. The predicted octanol–water partition coefficient (Wildman–Crippen LogP) is 5.96. The fourth-order valence-corrected chi connectivity index (χ4v) is 5.90. The van der Waals surface area contributed by atoms with Gasteiger partial charge in [-0.2, -0.15) is 18.3 Å². The minimum atomic E-state index is -4.68. The van der Waals surface area contributed by atoms with Crippen LogP contribution in [0.25, 0.3) is 16.2 Å². The number of hydrogen-bond donors (Lipinski definition) is 0. The molecule has 1 aliphatic rings. The van der Waals surface area contributed by atoms with Crippen molar-refractivity contribution in [2.24, 2.45) is 0 Å². The van der Waals surface area contributed by atoms with E-state index in [0.717, 1.165) is 17.1 Å². The molecule has 1 amide bonds. The summed E-state index contributed by atoms with van der Waals surface area (Å²) in [6.07, 6.45) is -4.68. The molecule has 12 heteroatoms. The number of aromatic nitrogens is 3. The Balaban J connectivity index is 1.42. The zero-order valence-electron chi connectivity index (χ0n) is 18.1. The lowest BCUT2D eigenvalue weighted by atomic mass is 10.2. The molecule has 3 aromatic heterocycles. The topological polar surface area (TPSA) is 53.7 Å². The zero-order chi connectivity index (χ0) is 24.7. The van der Waals surface area contributed by atoms with Gasteiger partial charge in [0.2, 0.25) is 0 Å². The summed E-state index contributed by atoms with van der Waals surface area (Å²) in [6.45, 7) is 3.02. The summed E-state index contributed by atoms with van der Waals surface area (Å²) in [7, 11) is 0. The Morgan fingerprint density at radius 1 is 1.06 bits per heavy atom. The van der Waals surface area contributed by atoms with Gasteiger partial charge in [0, 0.05) is 42.6 Å². The van der Waals surface area contributed by atoms with Crippen LogP contribution in [0.3, 0.4) is 0 Å². The summed E-state index contributed by atoms with van der Waals surface area (Å²) in [4.78, 5) is 22.1. The number of nitrogens with zero attached hydrogens (tertiary/aromatic N) is 5. The number of thiophene rings is 1. The van der Waals surface area contributed by atoms with Gasteiger partial charge in [-0.25, -0.2) is 9.50 Å². The molecule has 0 spiro atoms. The van der Waals surface area contributed by atoms with E-state index in [9.17, 15) is 18.0 Å². The average molecular weight is 629 g/mol. The molecule has 35 heavy (non-hydrogen) atoms. The molecule has 4 heterocycles. The molecular formula is C23H18Br2F3N5OS. The first-order chi connectivity index (χ1) is 16.7. The molecule has 1 aromatic carbocycles. The van der Waals surface area contributed by atoms with E-state index in [4.69, 9.17) is 0 Å². The highest BCUT2D eigenvalue weighted by molar-refractivity contribution is 9.11. The van der Waals surface area contributed by atoms with E-state index in [-0.39, 0.29) is 21.5 Å². The second-order valence-electron chi connectivity index (χ2n) is 8.11. The summed E-state index contributed by atoms with van der Waals surface area (Å²) in [5.74, 6) is -0.421.